The van der Waals surface area contributed by atoms with Crippen molar-refractivity contribution in [2.24, 2.45) is 5.73 Å². The Morgan fingerprint density at radius 1 is 1.29 bits per heavy atom. The van der Waals surface area contributed by atoms with E-state index in [1.807, 2.05) is 18.2 Å². The predicted molar refractivity (Wildman–Crippen MR) is 87.1 cm³/mol. The summed E-state index contributed by atoms with van der Waals surface area (Å²) < 4.78 is 0. The van der Waals surface area contributed by atoms with Crippen LogP contribution < -0.4 is 5.73 Å². The zero-order chi connectivity index (χ0) is 15.1. The van der Waals surface area contributed by atoms with Crippen LogP contribution in [0.1, 0.15) is 56.9 Å². The number of nitrogens with two attached hydrogens (primary N) is 1. The second-order valence-corrected chi connectivity index (χ2v) is 5.98. The van der Waals surface area contributed by atoms with Crippen LogP contribution in [0.5, 0.6) is 0 Å². The molecule has 1 aliphatic carbocycles. The van der Waals surface area contributed by atoms with Gasteiger partial charge in [0.2, 0.25) is 5.91 Å². The maximum atomic E-state index is 13.1. The predicted octanol–water partition coefficient (Wildman–Crippen LogP) is 3.30. The van der Waals surface area contributed by atoms with Gasteiger partial charge in [-0.1, -0.05) is 50.1 Å². The summed E-state index contributed by atoms with van der Waals surface area (Å²) in [5, 5.41) is 0. The van der Waals surface area contributed by atoms with Crippen molar-refractivity contribution in [3.05, 3.63) is 35.9 Å². The van der Waals surface area contributed by atoms with E-state index in [0.717, 1.165) is 37.8 Å². The molecule has 1 aromatic rings. The molecule has 21 heavy (non-hydrogen) atoms. The van der Waals surface area contributed by atoms with E-state index in [1.165, 1.54) is 12.8 Å². The number of hydrogen-bond donors (Lipinski definition) is 1. The number of amides is 1. The summed E-state index contributed by atoms with van der Waals surface area (Å²) in [6.45, 7) is 3.56. The molecular formula is C18H28N2O. The summed E-state index contributed by atoms with van der Waals surface area (Å²) in [6.07, 6.45) is 6.56. The minimum absolute atomic E-state index is 0.00965. The Labute approximate surface area is 128 Å². The third kappa shape index (κ3) is 4.07. The van der Waals surface area contributed by atoms with Crippen molar-refractivity contribution in [3.63, 3.8) is 0 Å². The van der Waals surface area contributed by atoms with Crippen molar-refractivity contribution < 1.29 is 4.79 Å². The van der Waals surface area contributed by atoms with Crippen LogP contribution in [-0.2, 0) is 4.79 Å². The highest BCUT2D eigenvalue weighted by atomic mass is 16.2. The molecule has 0 spiro atoms. The van der Waals surface area contributed by atoms with Crippen molar-refractivity contribution in [1.29, 1.82) is 0 Å². The van der Waals surface area contributed by atoms with E-state index in [4.69, 9.17) is 5.73 Å². The van der Waals surface area contributed by atoms with Crippen LogP contribution in [0.3, 0.4) is 0 Å². The van der Waals surface area contributed by atoms with Gasteiger partial charge in [-0.25, -0.2) is 0 Å². The van der Waals surface area contributed by atoms with Crippen molar-refractivity contribution >= 4 is 5.91 Å². The highest BCUT2D eigenvalue weighted by Crippen LogP contribution is 2.29. The summed E-state index contributed by atoms with van der Waals surface area (Å²) in [6, 6.07) is 10.6. The number of hydrogen-bond acceptors (Lipinski definition) is 2. The van der Waals surface area contributed by atoms with Crippen LogP contribution in [0.15, 0.2) is 30.3 Å². The molecule has 1 atom stereocenters. The number of carbonyl (C=O) groups is 1. The molecule has 0 saturated heterocycles. The van der Waals surface area contributed by atoms with E-state index < -0.39 is 0 Å². The molecule has 0 bridgehead atoms. The normalized spacial score (nSPS) is 16.9. The van der Waals surface area contributed by atoms with Crippen molar-refractivity contribution in [1.82, 2.24) is 4.90 Å². The lowest BCUT2D eigenvalue weighted by atomic mass is 9.94. The molecule has 0 radical (unpaired) electrons. The highest BCUT2D eigenvalue weighted by molar-refractivity contribution is 5.84. The Morgan fingerprint density at radius 3 is 2.52 bits per heavy atom. The van der Waals surface area contributed by atoms with Crippen molar-refractivity contribution in [2.75, 3.05) is 13.1 Å². The van der Waals surface area contributed by atoms with Crippen molar-refractivity contribution in [2.45, 2.75) is 57.4 Å². The molecule has 1 aromatic carbocycles. The fourth-order valence-corrected chi connectivity index (χ4v) is 3.39. The van der Waals surface area contributed by atoms with E-state index in [1.54, 1.807) is 0 Å². The number of benzene rings is 1. The molecule has 116 valence electrons. The van der Waals surface area contributed by atoms with Gasteiger partial charge in [-0.3, -0.25) is 4.79 Å². The molecule has 0 heterocycles. The average Bonchev–Trinajstić information content (AvgIpc) is 3.04. The molecule has 2 rings (SSSR count). The highest BCUT2D eigenvalue weighted by Gasteiger charge is 2.30. The minimum Gasteiger partial charge on any atom is -0.339 e. The zero-order valence-electron chi connectivity index (χ0n) is 13.1. The van der Waals surface area contributed by atoms with Gasteiger partial charge < -0.3 is 10.6 Å². The van der Waals surface area contributed by atoms with Crippen LogP contribution in [0.2, 0.25) is 0 Å². The fourth-order valence-electron chi connectivity index (χ4n) is 3.39. The Morgan fingerprint density at radius 2 is 1.95 bits per heavy atom. The summed E-state index contributed by atoms with van der Waals surface area (Å²) in [5.74, 6) is 0.286. The maximum Gasteiger partial charge on any atom is 0.230 e. The Kier molecular flexibility index (Phi) is 6.24. The van der Waals surface area contributed by atoms with Crippen molar-refractivity contribution in [3.8, 4) is 0 Å². The molecule has 3 nitrogen and oxygen atoms in total. The van der Waals surface area contributed by atoms with Crippen LogP contribution >= 0.6 is 0 Å². The number of nitrogens with zero attached hydrogens (tertiary/aromatic N) is 1. The Balaban J connectivity index is 2.14. The number of rotatable bonds is 7. The monoisotopic (exact) mass is 288 g/mol. The SMILES string of the molecule is CCC(C(=O)N(CCCN)C1CCCC1)c1ccccc1. The van der Waals surface area contributed by atoms with E-state index in [9.17, 15) is 4.79 Å². The molecule has 2 N–H and O–H groups in total. The van der Waals surface area contributed by atoms with Gasteiger partial charge in [-0.05, 0) is 37.8 Å². The van der Waals surface area contributed by atoms with E-state index in [-0.39, 0.29) is 5.92 Å². The molecule has 0 aliphatic heterocycles. The molecule has 0 aromatic heterocycles. The second-order valence-electron chi connectivity index (χ2n) is 5.98. The van der Waals surface area contributed by atoms with Gasteiger partial charge in [0, 0.05) is 12.6 Å². The quantitative estimate of drug-likeness (QED) is 0.836. The second kappa shape index (κ2) is 8.18. The molecule has 1 amide bonds. The molecule has 1 fully saturated rings. The van der Waals surface area contributed by atoms with Gasteiger partial charge >= 0.3 is 0 Å². The third-order valence-corrected chi connectivity index (χ3v) is 4.56. The van der Waals surface area contributed by atoms with Crippen LogP contribution in [0, 0.1) is 0 Å². The first kappa shape index (κ1) is 16.0. The summed E-state index contributed by atoms with van der Waals surface area (Å²) in [7, 11) is 0. The summed E-state index contributed by atoms with van der Waals surface area (Å²) in [4.78, 5) is 15.2. The van der Waals surface area contributed by atoms with Crippen LogP contribution in [0.4, 0.5) is 0 Å². The first-order chi connectivity index (χ1) is 10.3. The Hall–Kier alpha value is -1.35. The van der Waals surface area contributed by atoms with Gasteiger partial charge in [0.15, 0.2) is 0 Å². The molecule has 1 aliphatic rings. The van der Waals surface area contributed by atoms with Crippen LogP contribution in [-0.4, -0.2) is 29.9 Å². The van der Waals surface area contributed by atoms with Gasteiger partial charge in [-0.2, -0.15) is 0 Å². The number of carbonyl (C=O) groups excluding carboxylic acids is 1. The average molecular weight is 288 g/mol. The standard InChI is InChI=1S/C18H28N2O/c1-2-17(15-9-4-3-5-10-15)18(21)20(14-8-13-19)16-11-6-7-12-16/h3-5,9-10,16-17H,2,6-8,11-14,19H2,1H3. The van der Waals surface area contributed by atoms with Crippen LogP contribution in [0.25, 0.3) is 0 Å². The lowest BCUT2D eigenvalue weighted by Crippen LogP contribution is -2.42. The minimum atomic E-state index is -0.00965. The summed E-state index contributed by atoms with van der Waals surface area (Å²) in [5.41, 5.74) is 6.80. The molecular weight excluding hydrogens is 260 g/mol. The smallest absolute Gasteiger partial charge is 0.230 e. The van der Waals surface area contributed by atoms with E-state index in [0.29, 0.717) is 18.5 Å². The lowest BCUT2D eigenvalue weighted by Gasteiger charge is -2.32. The molecule has 3 heteroatoms. The first-order valence-corrected chi connectivity index (χ1v) is 8.33. The zero-order valence-corrected chi connectivity index (χ0v) is 13.1. The lowest BCUT2D eigenvalue weighted by molar-refractivity contribution is -0.135. The van der Waals surface area contributed by atoms with E-state index in [2.05, 4.69) is 24.0 Å². The van der Waals surface area contributed by atoms with Gasteiger partial charge in [0.05, 0.1) is 5.92 Å². The van der Waals surface area contributed by atoms with Gasteiger partial charge in [0.25, 0.3) is 0 Å². The largest absolute Gasteiger partial charge is 0.339 e. The molecule has 1 unspecified atom stereocenters. The third-order valence-electron chi connectivity index (χ3n) is 4.56. The van der Waals surface area contributed by atoms with Gasteiger partial charge in [-0.15, -0.1) is 0 Å². The maximum absolute atomic E-state index is 13.1. The topological polar surface area (TPSA) is 46.3 Å². The summed E-state index contributed by atoms with van der Waals surface area (Å²) >= 11 is 0. The fraction of sp³-hybridized carbons (Fsp3) is 0.611. The Bertz CT molecular complexity index is 426. The molecule has 1 saturated carbocycles. The first-order valence-electron chi connectivity index (χ1n) is 8.33. The van der Waals surface area contributed by atoms with Gasteiger partial charge in [0.1, 0.15) is 0 Å². The van der Waals surface area contributed by atoms with E-state index >= 15 is 0 Å².